The molecule has 0 saturated carbocycles. The van der Waals surface area contributed by atoms with Crippen molar-refractivity contribution in [1.29, 1.82) is 0 Å². The Kier molecular flexibility index (Phi) is 4.38. The molecule has 1 atom stereocenters. The molecule has 1 aromatic rings. The molecular formula is C12H11FN2O3. The van der Waals surface area contributed by atoms with Crippen LogP contribution in [-0.2, 0) is 0 Å². The predicted molar refractivity (Wildman–Crippen MR) is 63.4 cm³/mol. The van der Waals surface area contributed by atoms with Crippen LogP contribution >= 0.6 is 0 Å². The van der Waals surface area contributed by atoms with Gasteiger partial charge in [-0.05, 0) is 12.5 Å². The van der Waals surface area contributed by atoms with Crippen molar-refractivity contribution in [2.45, 2.75) is 19.4 Å². The van der Waals surface area contributed by atoms with Crippen molar-refractivity contribution in [3.8, 4) is 12.3 Å². The molecule has 1 amide bonds. The average molecular weight is 250 g/mol. The van der Waals surface area contributed by atoms with Gasteiger partial charge in [-0.25, -0.2) is 4.39 Å². The highest BCUT2D eigenvalue weighted by atomic mass is 19.1. The number of halogens is 1. The molecule has 0 saturated heterocycles. The van der Waals surface area contributed by atoms with Gasteiger partial charge in [0.25, 0.3) is 11.6 Å². The number of nitrogens with one attached hydrogen (secondary N) is 1. The maximum absolute atomic E-state index is 13.5. The fourth-order valence-electron chi connectivity index (χ4n) is 1.30. The summed E-state index contributed by atoms with van der Waals surface area (Å²) < 4.78 is 13.5. The third-order valence-corrected chi connectivity index (χ3v) is 2.32. The van der Waals surface area contributed by atoms with Crippen LogP contribution in [0.15, 0.2) is 18.2 Å². The molecular weight excluding hydrogens is 239 g/mol. The van der Waals surface area contributed by atoms with E-state index in [1.165, 1.54) is 0 Å². The first-order valence-electron chi connectivity index (χ1n) is 5.20. The number of carbonyl (C=O) groups is 1. The van der Waals surface area contributed by atoms with Crippen LogP contribution in [0, 0.1) is 28.3 Å². The Balaban J connectivity index is 2.94. The molecule has 0 aromatic heterocycles. The minimum Gasteiger partial charge on any atom is -0.338 e. The van der Waals surface area contributed by atoms with Crippen LogP contribution in [0.1, 0.15) is 23.7 Å². The first-order valence-corrected chi connectivity index (χ1v) is 5.20. The summed E-state index contributed by atoms with van der Waals surface area (Å²) >= 11 is 0. The lowest BCUT2D eigenvalue weighted by atomic mass is 10.1. The molecule has 0 spiro atoms. The predicted octanol–water partition coefficient (Wildman–Crippen LogP) is 1.88. The van der Waals surface area contributed by atoms with E-state index in [1.807, 2.05) is 0 Å². The van der Waals surface area contributed by atoms with E-state index < -0.39 is 28.4 Å². The lowest BCUT2D eigenvalue weighted by Gasteiger charge is -2.10. The minimum atomic E-state index is -0.950. The molecule has 18 heavy (non-hydrogen) atoms. The number of rotatable bonds is 4. The lowest BCUT2D eigenvalue weighted by molar-refractivity contribution is -0.385. The van der Waals surface area contributed by atoms with Gasteiger partial charge in [0.1, 0.15) is 5.82 Å². The van der Waals surface area contributed by atoms with Gasteiger partial charge in [-0.2, -0.15) is 0 Å². The van der Waals surface area contributed by atoms with Crippen molar-refractivity contribution in [3.05, 3.63) is 39.7 Å². The van der Waals surface area contributed by atoms with Gasteiger partial charge < -0.3 is 5.32 Å². The van der Waals surface area contributed by atoms with Gasteiger partial charge in [0.05, 0.1) is 22.6 Å². The molecule has 0 radical (unpaired) electrons. The molecule has 0 bridgehead atoms. The fraction of sp³-hybridized carbons (Fsp3) is 0.250. The van der Waals surface area contributed by atoms with Crippen LogP contribution in [0.2, 0.25) is 0 Å². The van der Waals surface area contributed by atoms with Gasteiger partial charge in [-0.1, -0.05) is 12.8 Å². The summed E-state index contributed by atoms with van der Waals surface area (Å²) in [4.78, 5) is 21.3. The van der Waals surface area contributed by atoms with Crippen LogP contribution < -0.4 is 5.32 Å². The maximum Gasteiger partial charge on any atom is 0.272 e. The number of amides is 1. The highest BCUT2D eigenvalue weighted by Crippen LogP contribution is 2.16. The molecule has 0 aliphatic rings. The molecule has 0 fully saturated rings. The van der Waals surface area contributed by atoms with Crippen molar-refractivity contribution >= 4 is 11.6 Å². The van der Waals surface area contributed by atoms with E-state index in [0.29, 0.717) is 12.5 Å². The van der Waals surface area contributed by atoms with E-state index >= 15 is 0 Å². The highest BCUT2D eigenvalue weighted by Gasteiger charge is 2.17. The normalized spacial score (nSPS) is 11.4. The third-order valence-electron chi connectivity index (χ3n) is 2.32. The second-order valence-electron chi connectivity index (χ2n) is 3.52. The minimum absolute atomic E-state index is 0.269. The van der Waals surface area contributed by atoms with Crippen LogP contribution in [0.4, 0.5) is 10.1 Å². The molecule has 0 heterocycles. The number of nitro groups is 1. The summed E-state index contributed by atoms with van der Waals surface area (Å²) in [5.41, 5.74) is -0.678. The van der Waals surface area contributed by atoms with E-state index in [1.54, 1.807) is 6.92 Å². The van der Waals surface area contributed by atoms with Crippen molar-refractivity contribution < 1.29 is 14.1 Å². The molecule has 0 aliphatic carbocycles. The molecule has 5 nitrogen and oxygen atoms in total. The average Bonchev–Trinajstić information content (AvgIpc) is 2.35. The van der Waals surface area contributed by atoms with Crippen LogP contribution in [0.3, 0.4) is 0 Å². The molecule has 94 valence electrons. The molecule has 1 unspecified atom stereocenters. The standard InChI is InChI=1S/C12H11FN2O3/c1-3-8(4-2)14-12(16)10-6-5-9(15(17)18)7-11(10)13/h1,5-8H,4H2,2H3,(H,14,16). The number of nitrogens with zero attached hydrogens (tertiary/aromatic N) is 1. The first kappa shape index (κ1) is 13.6. The van der Waals surface area contributed by atoms with Crippen LogP contribution in [0.5, 0.6) is 0 Å². The smallest absolute Gasteiger partial charge is 0.272 e. The van der Waals surface area contributed by atoms with Gasteiger partial charge in [0.2, 0.25) is 0 Å². The Bertz CT molecular complexity index is 523. The van der Waals surface area contributed by atoms with Crippen molar-refractivity contribution in [3.63, 3.8) is 0 Å². The Labute approximate surface area is 103 Å². The monoisotopic (exact) mass is 250 g/mol. The lowest BCUT2D eigenvalue weighted by Crippen LogP contribution is -2.33. The second kappa shape index (κ2) is 5.77. The largest absolute Gasteiger partial charge is 0.338 e. The molecule has 1 N–H and O–H groups in total. The molecule has 0 aliphatic heterocycles. The Morgan fingerprint density at radius 2 is 2.33 bits per heavy atom. The summed E-state index contributed by atoms with van der Waals surface area (Å²) in [5.74, 6) is 0.701. The second-order valence-corrected chi connectivity index (χ2v) is 3.52. The zero-order chi connectivity index (χ0) is 13.7. The number of hydrogen-bond acceptors (Lipinski definition) is 3. The van der Waals surface area contributed by atoms with Crippen LogP contribution in [0.25, 0.3) is 0 Å². The SMILES string of the molecule is C#CC(CC)NC(=O)c1ccc([N+](=O)[O-])cc1F. The number of nitro benzene ring substituents is 1. The van der Waals surface area contributed by atoms with Gasteiger partial charge in [0, 0.05) is 6.07 Å². The Morgan fingerprint density at radius 1 is 1.67 bits per heavy atom. The maximum atomic E-state index is 13.5. The van der Waals surface area contributed by atoms with E-state index in [2.05, 4.69) is 11.2 Å². The topological polar surface area (TPSA) is 72.2 Å². The number of non-ortho nitro benzene ring substituents is 1. The summed E-state index contributed by atoms with van der Waals surface area (Å²) in [7, 11) is 0. The van der Waals surface area contributed by atoms with Gasteiger partial charge in [0.15, 0.2) is 0 Å². The van der Waals surface area contributed by atoms with Crippen LogP contribution in [-0.4, -0.2) is 16.9 Å². The van der Waals surface area contributed by atoms with E-state index in [-0.39, 0.29) is 5.56 Å². The summed E-state index contributed by atoms with van der Waals surface area (Å²) in [5, 5.41) is 12.9. The highest BCUT2D eigenvalue weighted by molar-refractivity contribution is 5.95. The van der Waals surface area contributed by atoms with Gasteiger partial charge in [-0.3, -0.25) is 14.9 Å². The summed E-state index contributed by atoms with van der Waals surface area (Å²) in [6.07, 6.45) is 5.67. The Hall–Kier alpha value is -2.42. The molecule has 1 rings (SSSR count). The number of carbonyl (C=O) groups excluding carboxylic acids is 1. The third kappa shape index (κ3) is 3.04. The fourth-order valence-corrected chi connectivity index (χ4v) is 1.30. The quantitative estimate of drug-likeness (QED) is 0.503. The zero-order valence-corrected chi connectivity index (χ0v) is 9.64. The van der Waals surface area contributed by atoms with E-state index in [4.69, 9.17) is 6.42 Å². The summed E-state index contributed by atoms with van der Waals surface area (Å²) in [6, 6.07) is 2.33. The van der Waals surface area contributed by atoms with Gasteiger partial charge >= 0.3 is 0 Å². The van der Waals surface area contributed by atoms with Crippen molar-refractivity contribution in [2.75, 3.05) is 0 Å². The number of terminal acetylenes is 1. The zero-order valence-electron chi connectivity index (χ0n) is 9.64. The molecule has 6 heteroatoms. The molecule has 1 aromatic carbocycles. The summed E-state index contributed by atoms with van der Waals surface area (Å²) in [6.45, 7) is 1.77. The van der Waals surface area contributed by atoms with Crippen molar-refractivity contribution in [2.24, 2.45) is 0 Å². The van der Waals surface area contributed by atoms with E-state index in [0.717, 1.165) is 12.1 Å². The Morgan fingerprint density at radius 3 is 2.78 bits per heavy atom. The van der Waals surface area contributed by atoms with Crippen molar-refractivity contribution in [1.82, 2.24) is 5.32 Å². The van der Waals surface area contributed by atoms with E-state index in [9.17, 15) is 19.3 Å². The first-order chi connectivity index (χ1) is 8.49. The van der Waals surface area contributed by atoms with Gasteiger partial charge in [-0.15, -0.1) is 6.42 Å². The number of benzene rings is 1. The number of hydrogen-bond donors (Lipinski definition) is 1.